The Labute approximate surface area is 153 Å². The van der Waals surface area contributed by atoms with Crippen molar-refractivity contribution < 1.29 is 23.1 Å². The van der Waals surface area contributed by atoms with Gasteiger partial charge >= 0.3 is 0 Å². The molecule has 2 fully saturated rings. The Kier molecular flexibility index (Phi) is 4.14. The van der Waals surface area contributed by atoms with E-state index in [0.717, 1.165) is 36.3 Å². The molecule has 0 N–H and O–H groups in total. The van der Waals surface area contributed by atoms with E-state index >= 15 is 0 Å². The van der Waals surface area contributed by atoms with Gasteiger partial charge in [0, 0.05) is 28.3 Å². The second-order valence-electron chi connectivity index (χ2n) is 6.87. The largest absolute Gasteiger partial charge is 0.494 e. The number of carbonyl (C=O) groups is 2. The lowest BCUT2D eigenvalue weighted by atomic mass is 9.77. The van der Waals surface area contributed by atoms with Crippen LogP contribution in [0, 0.1) is 30.4 Å². The van der Waals surface area contributed by atoms with Crippen molar-refractivity contribution in [3.8, 4) is 16.3 Å². The lowest BCUT2D eigenvalue weighted by Gasteiger charge is -2.24. The van der Waals surface area contributed by atoms with Crippen molar-refractivity contribution in [3.63, 3.8) is 0 Å². The molecule has 4 rings (SSSR count). The predicted molar refractivity (Wildman–Crippen MR) is 92.3 cm³/mol. The number of carbonyl (C=O) groups excluding carboxylic acids is 2. The summed E-state index contributed by atoms with van der Waals surface area (Å²) in [5.74, 6) is -2.72. The molecule has 0 radical (unpaired) electrons. The van der Waals surface area contributed by atoms with Crippen LogP contribution in [0.15, 0.2) is 12.1 Å². The van der Waals surface area contributed by atoms with Crippen LogP contribution in [-0.2, 0) is 9.59 Å². The molecule has 7 heteroatoms. The highest BCUT2D eigenvalue weighted by molar-refractivity contribution is 7.15. The molecule has 0 saturated heterocycles. The number of Topliss-reactive ketones (excluding diaryl/α,β-unsaturated/α-hetero) is 2. The van der Waals surface area contributed by atoms with Crippen LogP contribution in [0.5, 0.6) is 5.75 Å². The molecule has 0 spiro atoms. The van der Waals surface area contributed by atoms with Crippen molar-refractivity contribution in [2.75, 3.05) is 7.11 Å². The molecule has 1 heterocycles. The van der Waals surface area contributed by atoms with E-state index < -0.39 is 17.6 Å². The number of fused-ring (bicyclic) bond motifs is 2. The average molecular weight is 377 g/mol. The molecule has 1 aromatic carbocycles. The van der Waals surface area contributed by atoms with E-state index in [9.17, 15) is 18.4 Å². The third kappa shape index (κ3) is 2.57. The maximum absolute atomic E-state index is 14.4. The van der Waals surface area contributed by atoms with Crippen LogP contribution in [-0.4, -0.2) is 23.7 Å². The summed E-state index contributed by atoms with van der Waals surface area (Å²) < 4.78 is 33.1. The third-order valence-electron chi connectivity index (χ3n) is 5.38. The molecular formula is C19H17F2NO3S. The van der Waals surface area contributed by atoms with Crippen molar-refractivity contribution in [2.24, 2.45) is 11.8 Å². The van der Waals surface area contributed by atoms with E-state index in [2.05, 4.69) is 4.98 Å². The molecular weight excluding hydrogens is 360 g/mol. The highest BCUT2D eigenvalue weighted by Crippen LogP contribution is 2.45. The van der Waals surface area contributed by atoms with E-state index in [4.69, 9.17) is 4.74 Å². The number of benzene rings is 1. The summed E-state index contributed by atoms with van der Waals surface area (Å²) in [6, 6.07) is 2.00. The van der Waals surface area contributed by atoms with Gasteiger partial charge in [-0.15, -0.1) is 11.3 Å². The maximum atomic E-state index is 14.4. The summed E-state index contributed by atoms with van der Waals surface area (Å²) in [7, 11) is 1.26. The van der Waals surface area contributed by atoms with Crippen LogP contribution in [0.2, 0.25) is 0 Å². The third-order valence-corrected chi connectivity index (χ3v) is 6.40. The van der Waals surface area contributed by atoms with Crippen molar-refractivity contribution in [3.05, 3.63) is 34.3 Å². The zero-order valence-electron chi connectivity index (χ0n) is 14.3. The minimum atomic E-state index is -0.864. The molecule has 2 bridgehead atoms. The molecule has 136 valence electrons. The fraction of sp³-hybridized carbons (Fsp3) is 0.421. The van der Waals surface area contributed by atoms with Crippen LogP contribution in [0.4, 0.5) is 8.78 Å². The first-order valence-electron chi connectivity index (χ1n) is 8.49. The van der Waals surface area contributed by atoms with Crippen molar-refractivity contribution in [1.82, 2.24) is 4.98 Å². The second-order valence-corrected chi connectivity index (χ2v) is 8.07. The van der Waals surface area contributed by atoms with Gasteiger partial charge in [0.15, 0.2) is 23.1 Å². The average Bonchev–Trinajstić information content (AvgIpc) is 3.21. The molecule has 26 heavy (non-hydrogen) atoms. The fourth-order valence-corrected chi connectivity index (χ4v) is 4.99. The number of aromatic nitrogens is 1. The minimum absolute atomic E-state index is 0.00123. The van der Waals surface area contributed by atoms with E-state index in [1.165, 1.54) is 7.11 Å². The zero-order chi connectivity index (χ0) is 18.6. The highest BCUT2D eigenvalue weighted by atomic mass is 32.1. The molecule has 2 saturated carbocycles. The molecule has 0 amide bonds. The van der Waals surface area contributed by atoms with Crippen LogP contribution in [0.1, 0.15) is 35.8 Å². The normalized spacial score (nSPS) is 25.0. The van der Waals surface area contributed by atoms with Gasteiger partial charge in [-0.3, -0.25) is 9.59 Å². The number of halogens is 2. The van der Waals surface area contributed by atoms with Crippen LogP contribution >= 0.6 is 11.3 Å². The summed E-state index contributed by atoms with van der Waals surface area (Å²) >= 11 is 1.16. The summed E-state index contributed by atoms with van der Waals surface area (Å²) in [5.41, 5.74) is 0.397. The van der Waals surface area contributed by atoms with Gasteiger partial charge in [-0.2, -0.15) is 0 Å². The van der Waals surface area contributed by atoms with Gasteiger partial charge in [0.05, 0.1) is 12.8 Å². The van der Waals surface area contributed by atoms with E-state index in [0.29, 0.717) is 17.0 Å². The number of hydrogen-bond acceptors (Lipinski definition) is 5. The van der Waals surface area contributed by atoms with Gasteiger partial charge in [-0.1, -0.05) is 0 Å². The lowest BCUT2D eigenvalue weighted by molar-refractivity contribution is -0.136. The first kappa shape index (κ1) is 17.3. The van der Waals surface area contributed by atoms with Gasteiger partial charge in [-0.25, -0.2) is 13.8 Å². The Morgan fingerprint density at radius 2 is 1.77 bits per heavy atom. The summed E-state index contributed by atoms with van der Waals surface area (Å²) in [6.45, 7) is 1.76. The zero-order valence-corrected chi connectivity index (χ0v) is 15.2. The molecule has 2 aliphatic carbocycles. The maximum Gasteiger partial charge on any atom is 0.165 e. The number of aryl methyl sites for hydroxylation is 1. The molecule has 0 aliphatic heterocycles. The first-order valence-corrected chi connectivity index (χ1v) is 9.30. The van der Waals surface area contributed by atoms with Crippen molar-refractivity contribution in [1.29, 1.82) is 0 Å². The number of ether oxygens (including phenoxy) is 1. The summed E-state index contributed by atoms with van der Waals surface area (Å²) in [4.78, 5) is 30.5. The quantitative estimate of drug-likeness (QED) is 0.757. The first-order chi connectivity index (χ1) is 12.4. The molecule has 1 unspecified atom stereocenters. The Balaban J connectivity index is 1.76. The summed E-state index contributed by atoms with van der Waals surface area (Å²) in [5, 5.41) is 0.259. The van der Waals surface area contributed by atoms with Crippen molar-refractivity contribution >= 4 is 22.9 Å². The molecule has 4 nitrogen and oxygen atoms in total. The van der Waals surface area contributed by atoms with Gasteiger partial charge < -0.3 is 4.74 Å². The van der Waals surface area contributed by atoms with Gasteiger partial charge in [0.2, 0.25) is 0 Å². The molecule has 2 aromatic rings. The number of hydrogen-bond donors (Lipinski definition) is 0. The number of nitrogens with zero attached hydrogens (tertiary/aromatic N) is 1. The van der Waals surface area contributed by atoms with Crippen LogP contribution in [0.25, 0.3) is 10.6 Å². The molecule has 1 aromatic heterocycles. The van der Waals surface area contributed by atoms with Gasteiger partial charge in [-0.05, 0) is 32.3 Å². The Morgan fingerprint density at radius 3 is 2.38 bits per heavy atom. The predicted octanol–water partition coefficient (Wildman–Crippen LogP) is 4.06. The Morgan fingerprint density at radius 1 is 1.12 bits per heavy atom. The monoisotopic (exact) mass is 377 g/mol. The van der Waals surface area contributed by atoms with Crippen molar-refractivity contribution in [2.45, 2.75) is 32.1 Å². The fourth-order valence-electron chi connectivity index (χ4n) is 4.02. The minimum Gasteiger partial charge on any atom is -0.494 e. The van der Waals surface area contributed by atoms with Crippen LogP contribution < -0.4 is 4.74 Å². The van der Waals surface area contributed by atoms with E-state index in [-0.39, 0.29) is 39.7 Å². The Hall–Kier alpha value is -2.15. The van der Waals surface area contributed by atoms with E-state index in [1.807, 2.05) is 0 Å². The standard InChI is InChI=1S/C19H17F2NO3S/c1-8-16(15-17(23)9-3-4-10(5-9)18(15)24)22-19(26-8)11-6-13(21)14(25-2)7-12(11)20/h6-7,9-10,15H,3-5H2,1-2H3/t9-,10+,15?. The topological polar surface area (TPSA) is 56.3 Å². The lowest BCUT2D eigenvalue weighted by Crippen LogP contribution is -2.35. The number of thiazole rings is 1. The Bertz CT molecular complexity index is 902. The smallest absolute Gasteiger partial charge is 0.165 e. The molecule has 3 atom stereocenters. The number of ketones is 2. The highest BCUT2D eigenvalue weighted by Gasteiger charge is 2.48. The molecule has 2 aliphatic rings. The number of methoxy groups -OCH3 is 1. The van der Waals surface area contributed by atoms with Crippen LogP contribution in [0.3, 0.4) is 0 Å². The van der Waals surface area contributed by atoms with E-state index in [1.54, 1.807) is 6.92 Å². The van der Waals surface area contributed by atoms with Gasteiger partial charge in [0.1, 0.15) is 16.7 Å². The summed E-state index contributed by atoms with van der Waals surface area (Å²) in [6.07, 6.45) is 2.14. The van der Waals surface area contributed by atoms with Gasteiger partial charge in [0.25, 0.3) is 0 Å². The second kappa shape index (κ2) is 6.23. The SMILES string of the molecule is COc1cc(F)c(-c2nc(C3C(=O)[C@@H]4CC[C@@H](C4)C3=O)c(C)s2)cc1F. The number of rotatable bonds is 3.